The quantitative estimate of drug-likeness (QED) is 0.636. The molecule has 10 heteroatoms. The molecular weight excluding hydrogens is 414 g/mol. The van der Waals surface area contributed by atoms with Gasteiger partial charge in [-0.05, 0) is 37.8 Å². The Kier molecular flexibility index (Phi) is 5.01. The molecule has 0 spiro atoms. The Labute approximate surface area is 183 Å². The van der Waals surface area contributed by atoms with Crippen molar-refractivity contribution in [1.29, 1.82) is 0 Å². The largest absolute Gasteiger partial charge is 0.330 e. The van der Waals surface area contributed by atoms with Gasteiger partial charge in [0, 0.05) is 24.2 Å². The van der Waals surface area contributed by atoms with E-state index in [0.717, 1.165) is 29.1 Å². The van der Waals surface area contributed by atoms with E-state index >= 15 is 0 Å². The Morgan fingerprint density at radius 1 is 1.29 bits per heavy atom. The van der Waals surface area contributed by atoms with Crippen molar-refractivity contribution >= 4 is 28.3 Å². The van der Waals surface area contributed by atoms with Crippen LogP contribution in [-0.4, -0.2) is 48.2 Å². The Hall–Kier alpha value is -3.14. The number of fused-ring (bicyclic) bond motifs is 1. The van der Waals surface area contributed by atoms with Gasteiger partial charge in [-0.3, -0.25) is 24.6 Å². The number of hydrogen-bond acceptors (Lipinski definition) is 7. The second-order valence-electron chi connectivity index (χ2n) is 7.92. The summed E-state index contributed by atoms with van der Waals surface area (Å²) in [6.07, 6.45) is 4.53. The van der Waals surface area contributed by atoms with E-state index in [0.29, 0.717) is 48.4 Å². The summed E-state index contributed by atoms with van der Waals surface area (Å²) >= 11 is 1.41. The summed E-state index contributed by atoms with van der Waals surface area (Å²) in [7, 11) is 0. The first-order chi connectivity index (χ1) is 15.0. The molecule has 1 aliphatic heterocycles. The van der Waals surface area contributed by atoms with E-state index in [-0.39, 0.29) is 17.5 Å². The van der Waals surface area contributed by atoms with Crippen molar-refractivity contribution in [3.05, 3.63) is 51.5 Å². The first-order valence-electron chi connectivity index (χ1n) is 10.5. The van der Waals surface area contributed by atoms with Gasteiger partial charge in [-0.15, -0.1) is 10.2 Å². The van der Waals surface area contributed by atoms with E-state index in [4.69, 9.17) is 0 Å². The molecule has 2 aliphatic rings. The number of nitrogens with zero attached hydrogens (tertiary/aromatic N) is 6. The highest BCUT2D eigenvalue weighted by atomic mass is 32.1. The zero-order valence-electron chi connectivity index (χ0n) is 17.5. The van der Waals surface area contributed by atoms with Crippen molar-refractivity contribution < 1.29 is 9.59 Å². The van der Waals surface area contributed by atoms with E-state index in [1.807, 2.05) is 26.0 Å². The highest BCUT2D eigenvalue weighted by molar-refractivity contribution is 7.15. The number of aryl methyl sites for hydroxylation is 1. The van der Waals surface area contributed by atoms with Crippen molar-refractivity contribution in [3.63, 3.8) is 0 Å². The van der Waals surface area contributed by atoms with Crippen molar-refractivity contribution in [3.8, 4) is 0 Å². The summed E-state index contributed by atoms with van der Waals surface area (Å²) in [6.45, 7) is 5.42. The maximum atomic E-state index is 13.3. The molecule has 1 aliphatic carbocycles. The summed E-state index contributed by atoms with van der Waals surface area (Å²) < 4.78 is 1.66. The number of aromatic nitrogens is 5. The summed E-state index contributed by atoms with van der Waals surface area (Å²) in [4.78, 5) is 32.4. The Morgan fingerprint density at radius 2 is 2.13 bits per heavy atom. The van der Waals surface area contributed by atoms with Gasteiger partial charge in [0.25, 0.3) is 11.8 Å². The second kappa shape index (κ2) is 7.84. The van der Waals surface area contributed by atoms with Crippen LogP contribution in [0.2, 0.25) is 0 Å². The van der Waals surface area contributed by atoms with E-state index in [1.165, 1.54) is 11.3 Å². The second-order valence-corrected chi connectivity index (χ2v) is 8.93. The van der Waals surface area contributed by atoms with Gasteiger partial charge in [-0.25, -0.2) is 0 Å². The van der Waals surface area contributed by atoms with Crippen LogP contribution in [0.15, 0.2) is 18.3 Å². The fraction of sp³-hybridized carbons (Fsp3) is 0.429. The number of pyridine rings is 1. The Bertz CT molecular complexity index is 1160. The average molecular weight is 438 g/mol. The van der Waals surface area contributed by atoms with Crippen molar-refractivity contribution in [2.24, 2.45) is 0 Å². The number of hydrogen-bond donors (Lipinski definition) is 1. The lowest BCUT2D eigenvalue weighted by molar-refractivity contribution is 0.0679. The van der Waals surface area contributed by atoms with Gasteiger partial charge >= 0.3 is 0 Å². The van der Waals surface area contributed by atoms with E-state index in [9.17, 15) is 9.59 Å². The normalized spacial score (nSPS) is 15.8. The molecule has 1 saturated carbocycles. The molecule has 5 rings (SSSR count). The minimum absolute atomic E-state index is 0.119. The van der Waals surface area contributed by atoms with Gasteiger partial charge in [0.15, 0.2) is 5.69 Å². The summed E-state index contributed by atoms with van der Waals surface area (Å²) in [5.74, 6) is 0.0180. The molecule has 1 fully saturated rings. The van der Waals surface area contributed by atoms with Crippen LogP contribution in [0.25, 0.3) is 0 Å². The molecule has 0 saturated heterocycles. The lowest BCUT2D eigenvalue weighted by atomic mass is 10.1. The molecule has 0 radical (unpaired) electrons. The van der Waals surface area contributed by atoms with Crippen LogP contribution in [0.1, 0.15) is 68.5 Å². The first-order valence-corrected chi connectivity index (χ1v) is 11.3. The molecule has 0 aromatic carbocycles. The third-order valence-corrected chi connectivity index (χ3v) is 6.74. The molecule has 3 aromatic heterocycles. The molecule has 1 N–H and O–H groups in total. The number of amides is 2. The van der Waals surface area contributed by atoms with Crippen molar-refractivity contribution in [1.82, 2.24) is 29.9 Å². The fourth-order valence-corrected chi connectivity index (χ4v) is 4.74. The predicted octanol–water partition coefficient (Wildman–Crippen LogP) is 2.79. The fourth-order valence-electron chi connectivity index (χ4n) is 3.84. The lowest BCUT2D eigenvalue weighted by Gasteiger charge is -2.28. The number of carbonyl (C=O) groups is 2. The van der Waals surface area contributed by atoms with Gasteiger partial charge in [0.05, 0.1) is 18.8 Å². The first kappa shape index (κ1) is 19.8. The Balaban J connectivity index is 1.38. The third kappa shape index (κ3) is 3.71. The van der Waals surface area contributed by atoms with Gasteiger partial charge in [0.2, 0.25) is 5.13 Å². The van der Waals surface area contributed by atoms with Gasteiger partial charge in [0.1, 0.15) is 10.7 Å². The summed E-state index contributed by atoms with van der Waals surface area (Å²) in [5.41, 5.74) is 3.36. The van der Waals surface area contributed by atoms with Crippen LogP contribution in [-0.2, 0) is 19.5 Å². The summed E-state index contributed by atoms with van der Waals surface area (Å²) in [5, 5.41) is 17.0. The van der Waals surface area contributed by atoms with E-state index in [2.05, 4.69) is 25.6 Å². The Morgan fingerprint density at radius 3 is 2.87 bits per heavy atom. The molecule has 0 unspecified atom stereocenters. The van der Waals surface area contributed by atoms with Crippen LogP contribution in [0.5, 0.6) is 0 Å². The maximum Gasteiger partial charge on any atom is 0.278 e. The standard InChI is InChI=1S/C21H23N7O2S/c1-3-14-16(18(29)23-21-25-24-19(31-21)13-6-7-13)26-28-10-9-27(20(30)17(14)28)11-15-12(2)5-4-8-22-15/h4-5,8,13H,3,6-7,9-11H2,1-2H3,(H,23,25,29). The molecule has 0 bridgehead atoms. The van der Waals surface area contributed by atoms with Crippen molar-refractivity contribution in [2.75, 3.05) is 11.9 Å². The SMILES string of the molecule is CCc1c(C(=O)Nc2nnc(C3CC3)s2)nn2c1C(=O)N(Cc1ncccc1C)CC2. The molecule has 160 valence electrons. The van der Waals surface area contributed by atoms with Gasteiger partial charge < -0.3 is 4.90 Å². The summed E-state index contributed by atoms with van der Waals surface area (Å²) in [6, 6.07) is 3.88. The predicted molar refractivity (Wildman–Crippen MR) is 115 cm³/mol. The highest BCUT2D eigenvalue weighted by Gasteiger charge is 2.33. The minimum atomic E-state index is -0.350. The van der Waals surface area contributed by atoms with Crippen LogP contribution in [0.3, 0.4) is 0 Å². The van der Waals surface area contributed by atoms with E-state index in [1.54, 1.807) is 15.8 Å². The number of carbonyl (C=O) groups excluding carboxylic acids is 2. The third-order valence-electron chi connectivity index (χ3n) is 5.74. The van der Waals surface area contributed by atoms with Crippen LogP contribution < -0.4 is 5.32 Å². The van der Waals surface area contributed by atoms with Crippen LogP contribution in [0.4, 0.5) is 5.13 Å². The van der Waals surface area contributed by atoms with Gasteiger partial charge in [-0.2, -0.15) is 5.10 Å². The molecule has 2 amide bonds. The van der Waals surface area contributed by atoms with Crippen LogP contribution >= 0.6 is 11.3 Å². The monoisotopic (exact) mass is 437 g/mol. The zero-order chi connectivity index (χ0) is 21.5. The molecule has 31 heavy (non-hydrogen) atoms. The number of nitrogens with one attached hydrogen (secondary N) is 1. The van der Waals surface area contributed by atoms with Crippen molar-refractivity contribution in [2.45, 2.75) is 52.1 Å². The topological polar surface area (TPSA) is 106 Å². The maximum absolute atomic E-state index is 13.3. The number of rotatable bonds is 6. The van der Waals surface area contributed by atoms with Crippen LogP contribution in [0, 0.1) is 6.92 Å². The smallest absolute Gasteiger partial charge is 0.278 e. The lowest BCUT2D eigenvalue weighted by Crippen LogP contribution is -2.40. The molecular formula is C21H23N7O2S. The molecule has 3 aromatic rings. The average Bonchev–Trinajstić information content (AvgIpc) is 3.38. The molecule has 9 nitrogen and oxygen atoms in total. The molecule has 0 atom stereocenters. The zero-order valence-corrected chi connectivity index (χ0v) is 18.3. The highest BCUT2D eigenvalue weighted by Crippen LogP contribution is 2.42. The van der Waals surface area contributed by atoms with E-state index < -0.39 is 0 Å². The van der Waals surface area contributed by atoms with Gasteiger partial charge in [-0.1, -0.05) is 24.3 Å². The number of anilines is 1. The minimum Gasteiger partial charge on any atom is -0.330 e. The molecule has 4 heterocycles.